The standard InChI is InChI=1S/C17H14N8O.C13H12N6OS.4H2/c26-16(13-6-4-12(5-7-13)9-25-11-18-10-20-25)22-17-21-15(23-24-17)14-3-1-2-8-19-14;1-8-15-9(7-21-8)6-11(20)16-13-17-12(18-19-13)10-4-2-3-5-14-10;;;;/h1-8,10-11H,9H2,(H2,21,22,23,24,26);2-5,7H,6H2,1H3,(H2,16,17,18,19,20);4*1H. The van der Waals surface area contributed by atoms with Gasteiger partial charge in [0.05, 0.1) is 23.7 Å². The summed E-state index contributed by atoms with van der Waals surface area (Å²) in [6, 6.07) is 18.2. The van der Waals surface area contributed by atoms with Crippen LogP contribution >= 0.6 is 11.3 Å². The topological polar surface area (TPSA) is 211 Å². The number of rotatable bonds is 9. The van der Waals surface area contributed by atoms with E-state index in [4.69, 9.17) is 0 Å². The summed E-state index contributed by atoms with van der Waals surface area (Å²) in [4.78, 5) is 49.1. The number of anilines is 2. The molecule has 47 heavy (non-hydrogen) atoms. The lowest BCUT2D eigenvalue weighted by molar-refractivity contribution is -0.115. The summed E-state index contributed by atoms with van der Waals surface area (Å²) in [5.41, 5.74) is 3.59. The molecule has 0 bridgehead atoms. The number of hydrogen-bond acceptors (Lipinski definition) is 12. The van der Waals surface area contributed by atoms with Crippen molar-refractivity contribution in [2.75, 3.05) is 10.6 Å². The van der Waals surface area contributed by atoms with Gasteiger partial charge in [0, 0.05) is 29.0 Å². The summed E-state index contributed by atoms with van der Waals surface area (Å²) in [6.07, 6.45) is 6.66. The number of pyridine rings is 2. The highest BCUT2D eigenvalue weighted by atomic mass is 32.1. The summed E-state index contributed by atoms with van der Waals surface area (Å²) < 4.78 is 1.71. The highest BCUT2D eigenvalue weighted by molar-refractivity contribution is 7.09. The molecule has 0 aliphatic carbocycles. The van der Waals surface area contributed by atoms with Crippen LogP contribution in [0.25, 0.3) is 23.0 Å². The van der Waals surface area contributed by atoms with Gasteiger partial charge in [0.25, 0.3) is 5.91 Å². The number of aryl methyl sites for hydroxylation is 1. The van der Waals surface area contributed by atoms with Crippen molar-refractivity contribution in [1.82, 2.24) is 60.1 Å². The van der Waals surface area contributed by atoms with Crippen LogP contribution in [0.2, 0.25) is 0 Å². The molecule has 0 radical (unpaired) electrons. The van der Waals surface area contributed by atoms with E-state index in [1.54, 1.807) is 41.6 Å². The zero-order valence-corrected chi connectivity index (χ0v) is 25.6. The fourth-order valence-corrected chi connectivity index (χ4v) is 4.74. The first-order valence-electron chi connectivity index (χ1n) is 14.1. The summed E-state index contributed by atoms with van der Waals surface area (Å²) in [7, 11) is 0. The number of H-pyrrole nitrogens is 2. The number of thiazole rings is 1. The van der Waals surface area contributed by atoms with Crippen molar-refractivity contribution < 1.29 is 15.3 Å². The molecule has 0 aliphatic heterocycles. The molecule has 0 aliphatic rings. The van der Waals surface area contributed by atoms with Gasteiger partial charge < -0.3 is 0 Å². The van der Waals surface area contributed by atoms with E-state index in [-0.39, 0.29) is 35.8 Å². The third-order valence-corrected chi connectivity index (χ3v) is 7.12. The minimum atomic E-state index is -0.288. The molecule has 7 rings (SSSR count). The quantitative estimate of drug-likeness (QED) is 0.169. The molecule has 1 aromatic carbocycles. The van der Waals surface area contributed by atoms with Crippen LogP contribution < -0.4 is 10.6 Å². The van der Waals surface area contributed by atoms with Crippen molar-refractivity contribution >= 4 is 35.0 Å². The Balaban J connectivity index is 0.000000334. The molecule has 2 amide bonds. The Bertz CT molecular complexity index is 2060. The molecule has 242 valence electrons. The maximum absolute atomic E-state index is 12.3. The lowest BCUT2D eigenvalue weighted by Crippen LogP contribution is -2.15. The molecular weight excluding hydrogens is 620 g/mol. The van der Waals surface area contributed by atoms with E-state index in [1.807, 2.05) is 54.8 Å². The Morgan fingerprint density at radius 1 is 0.851 bits per heavy atom. The Morgan fingerprint density at radius 3 is 2.06 bits per heavy atom. The van der Waals surface area contributed by atoms with Gasteiger partial charge in [-0.25, -0.2) is 14.6 Å². The Hall–Kier alpha value is -6.49. The van der Waals surface area contributed by atoms with E-state index < -0.39 is 0 Å². The second kappa shape index (κ2) is 14.5. The molecular formula is C30H34N14O2S. The first kappa shape index (κ1) is 30.5. The van der Waals surface area contributed by atoms with E-state index >= 15 is 0 Å². The van der Waals surface area contributed by atoms with Gasteiger partial charge in [0.1, 0.15) is 24.0 Å². The van der Waals surface area contributed by atoms with E-state index in [0.29, 0.717) is 35.1 Å². The molecule has 0 atom stereocenters. The SMILES string of the molecule is Cc1nc(CC(=O)Nc2n[nH]c(-c3ccccn3)n2)cs1.O=C(Nc1n[nH]c(-c2ccccn2)n1)c1ccc(Cn2cncn2)cc1.[HH].[HH].[HH].[HH]. The van der Waals surface area contributed by atoms with Gasteiger partial charge in [-0.1, -0.05) is 24.3 Å². The average molecular weight is 655 g/mol. The molecule has 7 aromatic rings. The number of hydrogen-bond donors (Lipinski definition) is 4. The summed E-state index contributed by atoms with van der Waals surface area (Å²) in [6.45, 7) is 2.50. The minimum Gasteiger partial charge on any atom is -0.293 e. The first-order chi connectivity index (χ1) is 23.0. The molecule has 16 nitrogen and oxygen atoms in total. The van der Waals surface area contributed by atoms with Crippen LogP contribution in [0.15, 0.2) is 91.1 Å². The summed E-state index contributed by atoms with van der Waals surface area (Å²) >= 11 is 1.52. The lowest BCUT2D eigenvalue weighted by Gasteiger charge is -2.04. The van der Waals surface area contributed by atoms with E-state index in [2.05, 4.69) is 66.0 Å². The van der Waals surface area contributed by atoms with Gasteiger partial charge in [-0.15, -0.1) is 21.5 Å². The second-order valence-corrected chi connectivity index (χ2v) is 10.8. The zero-order chi connectivity index (χ0) is 32.4. The molecule has 6 aromatic heterocycles. The summed E-state index contributed by atoms with van der Waals surface area (Å²) in [5.74, 6) is 0.935. The van der Waals surface area contributed by atoms with Crippen molar-refractivity contribution in [2.24, 2.45) is 0 Å². The molecule has 0 spiro atoms. The number of nitrogens with one attached hydrogen (secondary N) is 4. The van der Waals surface area contributed by atoms with E-state index in [1.165, 1.54) is 17.7 Å². The lowest BCUT2D eigenvalue weighted by atomic mass is 10.1. The fraction of sp³-hybridized carbons (Fsp3) is 0.100. The third kappa shape index (κ3) is 8.37. The predicted molar refractivity (Wildman–Crippen MR) is 180 cm³/mol. The largest absolute Gasteiger partial charge is 0.293 e. The molecule has 0 unspecified atom stereocenters. The number of amides is 2. The zero-order valence-electron chi connectivity index (χ0n) is 24.8. The molecule has 4 N–H and O–H groups in total. The fourth-order valence-electron chi connectivity index (χ4n) is 4.13. The van der Waals surface area contributed by atoms with E-state index in [0.717, 1.165) is 16.3 Å². The number of aromatic nitrogens is 12. The molecule has 0 saturated heterocycles. The van der Waals surface area contributed by atoms with Crippen LogP contribution in [-0.2, 0) is 17.8 Å². The van der Waals surface area contributed by atoms with Gasteiger partial charge >= 0.3 is 0 Å². The smallest absolute Gasteiger partial charge is 0.258 e. The van der Waals surface area contributed by atoms with Crippen LogP contribution in [0.5, 0.6) is 0 Å². The molecule has 0 fully saturated rings. The third-order valence-electron chi connectivity index (χ3n) is 6.30. The van der Waals surface area contributed by atoms with Crippen molar-refractivity contribution in [1.29, 1.82) is 0 Å². The van der Waals surface area contributed by atoms with Crippen LogP contribution in [-0.4, -0.2) is 71.9 Å². The van der Waals surface area contributed by atoms with Gasteiger partial charge in [-0.3, -0.25) is 40.4 Å². The van der Waals surface area contributed by atoms with Gasteiger partial charge in [-0.05, 0) is 48.9 Å². The highest BCUT2D eigenvalue weighted by Gasteiger charge is 2.13. The second-order valence-electron chi connectivity index (χ2n) is 9.77. The van der Waals surface area contributed by atoms with Crippen molar-refractivity contribution in [2.45, 2.75) is 19.9 Å². The first-order valence-corrected chi connectivity index (χ1v) is 15.0. The predicted octanol–water partition coefficient (Wildman–Crippen LogP) is 4.56. The average Bonchev–Trinajstić information content (AvgIpc) is 3.93. The van der Waals surface area contributed by atoms with Crippen molar-refractivity contribution in [3.05, 3.63) is 113 Å². The van der Waals surface area contributed by atoms with Crippen molar-refractivity contribution in [3.8, 4) is 23.0 Å². The van der Waals surface area contributed by atoms with Gasteiger partial charge in [-0.2, -0.15) is 15.1 Å². The number of benzene rings is 1. The number of nitrogens with zero attached hydrogens (tertiary/aromatic N) is 10. The maximum atomic E-state index is 12.3. The Kier molecular flexibility index (Phi) is 9.44. The minimum absolute atomic E-state index is 0. The monoisotopic (exact) mass is 654 g/mol. The van der Waals surface area contributed by atoms with Crippen molar-refractivity contribution in [3.63, 3.8) is 0 Å². The Morgan fingerprint density at radius 2 is 1.51 bits per heavy atom. The molecule has 6 heterocycles. The number of carbonyl (C=O) groups excluding carboxylic acids is 2. The van der Waals surface area contributed by atoms with E-state index in [9.17, 15) is 9.59 Å². The van der Waals surface area contributed by atoms with Crippen LogP contribution in [0.4, 0.5) is 11.9 Å². The molecule has 0 saturated carbocycles. The summed E-state index contributed by atoms with van der Waals surface area (Å²) in [5, 5.41) is 25.6. The molecule has 17 heteroatoms. The Labute approximate surface area is 276 Å². The normalized spacial score (nSPS) is 10.6. The number of aromatic amines is 2. The van der Waals surface area contributed by atoms with Crippen LogP contribution in [0.1, 0.15) is 32.3 Å². The van der Waals surface area contributed by atoms with Crippen LogP contribution in [0.3, 0.4) is 0 Å². The van der Waals surface area contributed by atoms with Gasteiger partial charge in [0.2, 0.25) is 17.8 Å². The maximum Gasteiger partial charge on any atom is 0.258 e. The number of carbonyl (C=O) groups is 2. The highest BCUT2D eigenvalue weighted by Crippen LogP contribution is 2.15. The van der Waals surface area contributed by atoms with Crippen LogP contribution in [0, 0.1) is 6.92 Å². The van der Waals surface area contributed by atoms with Gasteiger partial charge in [0.15, 0.2) is 11.6 Å².